The number of nitrogens with zero attached hydrogens (tertiary/aromatic N) is 1. The second kappa shape index (κ2) is 5.86. The highest BCUT2D eigenvalue weighted by Gasteiger charge is 2.10. The molecule has 0 radical (unpaired) electrons. The van der Waals surface area contributed by atoms with Gasteiger partial charge in [0.05, 0.1) is 23.2 Å². The van der Waals surface area contributed by atoms with E-state index in [4.69, 9.17) is 10.5 Å². The lowest BCUT2D eigenvalue weighted by Crippen LogP contribution is -2.23. The summed E-state index contributed by atoms with van der Waals surface area (Å²) in [4.78, 5) is 12.8. The van der Waals surface area contributed by atoms with Crippen molar-refractivity contribution in [1.82, 2.24) is 4.90 Å². The first kappa shape index (κ1) is 13.8. The predicted molar refractivity (Wildman–Crippen MR) is 67.3 cm³/mol. The maximum atomic E-state index is 12.9. The number of hydrogen-bond donors (Lipinski definition) is 1. The summed E-state index contributed by atoms with van der Waals surface area (Å²) in [5.74, 6) is -0.120. The number of ether oxygens (including phenoxy) is 1. The van der Waals surface area contributed by atoms with Gasteiger partial charge in [-0.1, -0.05) is 0 Å². The molecule has 2 N–H and O–H groups in total. The Bertz CT molecular complexity index is 401. The standard InChI is InChI=1S/C11H14BrFN2O2/c1-15(2)10(16)3-4-17-11-8(12)5-7(13)6-9(11)14/h5-6H,3-4,14H2,1-2H3. The maximum absolute atomic E-state index is 12.9. The molecule has 0 aliphatic rings. The molecule has 0 aromatic heterocycles. The molecule has 0 saturated carbocycles. The number of anilines is 1. The van der Waals surface area contributed by atoms with E-state index in [-0.39, 0.29) is 24.6 Å². The zero-order valence-electron chi connectivity index (χ0n) is 9.67. The smallest absolute Gasteiger partial charge is 0.225 e. The number of hydrogen-bond acceptors (Lipinski definition) is 3. The molecule has 0 aliphatic heterocycles. The van der Waals surface area contributed by atoms with Crippen molar-refractivity contribution in [3.63, 3.8) is 0 Å². The Labute approximate surface area is 108 Å². The molecule has 1 rings (SSSR count). The summed E-state index contributed by atoms with van der Waals surface area (Å²) in [5.41, 5.74) is 5.81. The van der Waals surface area contributed by atoms with Crippen LogP contribution in [0.3, 0.4) is 0 Å². The third-order valence-corrected chi connectivity index (χ3v) is 2.69. The van der Waals surface area contributed by atoms with Gasteiger partial charge < -0.3 is 15.4 Å². The number of benzene rings is 1. The second-order valence-electron chi connectivity index (χ2n) is 3.69. The Morgan fingerprint density at radius 3 is 2.71 bits per heavy atom. The molecule has 0 heterocycles. The summed E-state index contributed by atoms with van der Waals surface area (Å²) < 4.78 is 18.7. The molecule has 0 saturated heterocycles. The zero-order chi connectivity index (χ0) is 13.0. The largest absolute Gasteiger partial charge is 0.490 e. The van der Waals surface area contributed by atoms with Crippen molar-refractivity contribution in [2.75, 3.05) is 26.4 Å². The van der Waals surface area contributed by atoms with Gasteiger partial charge in [-0.15, -0.1) is 0 Å². The van der Waals surface area contributed by atoms with Crippen LogP contribution in [0.25, 0.3) is 0 Å². The first-order valence-corrected chi connectivity index (χ1v) is 5.78. The van der Waals surface area contributed by atoms with Gasteiger partial charge in [-0.25, -0.2) is 4.39 Å². The molecular formula is C11H14BrFN2O2. The number of nitrogen functional groups attached to an aromatic ring is 1. The van der Waals surface area contributed by atoms with E-state index < -0.39 is 5.82 Å². The fourth-order valence-electron chi connectivity index (χ4n) is 1.20. The van der Waals surface area contributed by atoms with Gasteiger partial charge in [-0.05, 0) is 22.0 Å². The number of halogens is 2. The van der Waals surface area contributed by atoms with E-state index >= 15 is 0 Å². The summed E-state index contributed by atoms with van der Waals surface area (Å²) in [5, 5.41) is 0. The van der Waals surface area contributed by atoms with Crippen molar-refractivity contribution >= 4 is 27.5 Å². The minimum absolute atomic E-state index is 0.0400. The highest BCUT2D eigenvalue weighted by atomic mass is 79.9. The third-order valence-electron chi connectivity index (χ3n) is 2.10. The van der Waals surface area contributed by atoms with Crippen LogP contribution in [0.4, 0.5) is 10.1 Å². The molecular weight excluding hydrogens is 291 g/mol. The summed E-state index contributed by atoms with van der Waals surface area (Å²) in [6.07, 6.45) is 0.246. The third kappa shape index (κ3) is 3.89. The number of carbonyl (C=O) groups excluding carboxylic acids is 1. The number of amides is 1. The quantitative estimate of drug-likeness (QED) is 0.866. The van der Waals surface area contributed by atoms with Gasteiger partial charge >= 0.3 is 0 Å². The highest BCUT2D eigenvalue weighted by molar-refractivity contribution is 9.10. The number of nitrogens with two attached hydrogens (primary N) is 1. The molecule has 0 spiro atoms. The molecule has 0 bridgehead atoms. The SMILES string of the molecule is CN(C)C(=O)CCOc1c(N)cc(F)cc1Br. The lowest BCUT2D eigenvalue weighted by atomic mass is 10.3. The Morgan fingerprint density at radius 1 is 1.53 bits per heavy atom. The molecule has 0 unspecified atom stereocenters. The van der Waals surface area contributed by atoms with E-state index in [1.807, 2.05) is 0 Å². The fourth-order valence-corrected chi connectivity index (χ4v) is 1.76. The summed E-state index contributed by atoms with van der Waals surface area (Å²) in [7, 11) is 3.34. The van der Waals surface area contributed by atoms with Gasteiger partial charge in [0.2, 0.25) is 5.91 Å². The van der Waals surface area contributed by atoms with Crippen LogP contribution >= 0.6 is 15.9 Å². The Hall–Kier alpha value is -1.30. The molecule has 1 aromatic rings. The van der Waals surface area contributed by atoms with Gasteiger partial charge in [0.25, 0.3) is 0 Å². The van der Waals surface area contributed by atoms with Crippen LogP contribution in [-0.4, -0.2) is 31.5 Å². The molecule has 17 heavy (non-hydrogen) atoms. The van der Waals surface area contributed by atoms with Crippen molar-refractivity contribution in [1.29, 1.82) is 0 Å². The topological polar surface area (TPSA) is 55.6 Å². The molecule has 94 valence electrons. The van der Waals surface area contributed by atoms with Gasteiger partial charge in [-0.2, -0.15) is 0 Å². The average Bonchev–Trinajstić information content (AvgIpc) is 2.21. The average molecular weight is 305 g/mol. The number of carbonyl (C=O) groups is 1. The molecule has 0 atom stereocenters. The fraction of sp³-hybridized carbons (Fsp3) is 0.364. The van der Waals surface area contributed by atoms with E-state index in [2.05, 4.69) is 15.9 Å². The zero-order valence-corrected chi connectivity index (χ0v) is 11.3. The van der Waals surface area contributed by atoms with Crippen LogP contribution in [0.5, 0.6) is 5.75 Å². The monoisotopic (exact) mass is 304 g/mol. The van der Waals surface area contributed by atoms with Gasteiger partial charge in [0.1, 0.15) is 5.82 Å². The van der Waals surface area contributed by atoms with Gasteiger partial charge in [0, 0.05) is 20.2 Å². The Kier molecular flexibility index (Phi) is 4.74. The first-order valence-electron chi connectivity index (χ1n) is 4.99. The number of rotatable bonds is 4. The summed E-state index contributed by atoms with van der Waals surface area (Å²) in [6.45, 7) is 0.200. The molecule has 6 heteroatoms. The molecule has 0 fully saturated rings. The molecule has 4 nitrogen and oxygen atoms in total. The van der Waals surface area contributed by atoms with E-state index in [0.29, 0.717) is 10.2 Å². The van der Waals surface area contributed by atoms with E-state index in [1.54, 1.807) is 14.1 Å². The predicted octanol–water partition coefficient (Wildman–Crippen LogP) is 2.03. The van der Waals surface area contributed by atoms with Crippen LogP contribution in [0.2, 0.25) is 0 Å². The maximum Gasteiger partial charge on any atom is 0.225 e. The van der Waals surface area contributed by atoms with Crippen LogP contribution in [0.1, 0.15) is 6.42 Å². The summed E-state index contributed by atoms with van der Waals surface area (Å²) >= 11 is 3.15. The van der Waals surface area contributed by atoms with Crippen LogP contribution in [-0.2, 0) is 4.79 Å². The van der Waals surface area contributed by atoms with E-state index in [1.165, 1.54) is 17.0 Å². The summed E-state index contributed by atoms with van der Waals surface area (Å²) in [6, 6.07) is 2.44. The highest BCUT2D eigenvalue weighted by Crippen LogP contribution is 2.32. The Balaban J connectivity index is 2.61. The minimum Gasteiger partial charge on any atom is -0.490 e. The van der Waals surface area contributed by atoms with Crippen LogP contribution < -0.4 is 10.5 Å². The van der Waals surface area contributed by atoms with E-state index in [0.717, 1.165) is 0 Å². The van der Waals surface area contributed by atoms with Crippen molar-refractivity contribution in [2.24, 2.45) is 0 Å². The van der Waals surface area contributed by atoms with Crippen molar-refractivity contribution in [3.05, 3.63) is 22.4 Å². The normalized spacial score (nSPS) is 10.1. The van der Waals surface area contributed by atoms with Gasteiger partial charge in [0.15, 0.2) is 5.75 Å². The Morgan fingerprint density at radius 2 is 2.18 bits per heavy atom. The van der Waals surface area contributed by atoms with Crippen LogP contribution in [0.15, 0.2) is 16.6 Å². The van der Waals surface area contributed by atoms with E-state index in [9.17, 15) is 9.18 Å². The molecule has 1 amide bonds. The second-order valence-corrected chi connectivity index (χ2v) is 4.55. The molecule has 0 aliphatic carbocycles. The molecule has 1 aromatic carbocycles. The first-order chi connectivity index (χ1) is 7.91. The van der Waals surface area contributed by atoms with Crippen LogP contribution in [0, 0.1) is 5.82 Å². The van der Waals surface area contributed by atoms with Gasteiger partial charge in [-0.3, -0.25) is 4.79 Å². The van der Waals surface area contributed by atoms with Crippen molar-refractivity contribution in [3.8, 4) is 5.75 Å². The lowest BCUT2D eigenvalue weighted by Gasteiger charge is -2.13. The lowest BCUT2D eigenvalue weighted by molar-refractivity contribution is -0.129. The minimum atomic E-state index is -0.439. The van der Waals surface area contributed by atoms with Crippen molar-refractivity contribution < 1.29 is 13.9 Å². The van der Waals surface area contributed by atoms with Crippen molar-refractivity contribution in [2.45, 2.75) is 6.42 Å².